The summed E-state index contributed by atoms with van der Waals surface area (Å²) < 4.78 is 18.5. The van der Waals surface area contributed by atoms with Crippen LogP contribution in [0.3, 0.4) is 0 Å². The zero-order valence-corrected chi connectivity index (χ0v) is 19.1. The molecule has 2 aromatic rings. The van der Waals surface area contributed by atoms with E-state index in [1.807, 2.05) is 11.0 Å². The molecular weight excluding hydrogens is 446 g/mol. The molecule has 1 aliphatic heterocycles. The Labute approximate surface area is 191 Å². The lowest BCUT2D eigenvalue weighted by molar-refractivity contribution is -0.132. The van der Waals surface area contributed by atoms with E-state index in [1.165, 1.54) is 12.1 Å². The molecule has 1 atom stereocenters. The number of carbonyl (C=O) groups is 1. The van der Waals surface area contributed by atoms with Crippen molar-refractivity contribution < 1.29 is 13.9 Å². The summed E-state index contributed by atoms with van der Waals surface area (Å²) in [5.74, 6) is 0.640. The van der Waals surface area contributed by atoms with E-state index >= 15 is 0 Å². The van der Waals surface area contributed by atoms with E-state index in [9.17, 15) is 9.18 Å². The van der Waals surface area contributed by atoms with Crippen LogP contribution in [0.5, 0.6) is 0 Å². The number of hydrogen-bond donors (Lipinski definition) is 0. The number of rotatable bonds is 9. The molecule has 0 radical (unpaired) electrons. The first kappa shape index (κ1) is 23.4. The molecule has 0 bridgehead atoms. The highest BCUT2D eigenvalue weighted by Crippen LogP contribution is 2.38. The average molecular weight is 471 g/mol. The first-order valence-corrected chi connectivity index (χ1v) is 11.6. The Hall–Kier alpha value is -1.31. The van der Waals surface area contributed by atoms with Gasteiger partial charge in [-0.1, -0.05) is 41.4 Å². The number of amides is 1. The molecule has 162 valence electrons. The van der Waals surface area contributed by atoms with Crippen molar-refractivity contribution in [2.45, 2.75) is 18.3 Å². The standard InChI is InChI=1S/C22H25Cl2FN2O2S/c1-29-11-2-9-26(14-17-3-6-18(23)13-20(17)24)15-21(28)27-10-12-30-22(27)16-4-7-19(25)8-5-16/h3-8,13,22H,2,9-12,14-15H2,1H3. The van der Waals surface area contributed by atoms with Gasteiger partial charge in [0.25, 0.3) is 0 Å². The molecule has 30 heavy (non-hydrogen) atoms. The minimum Gasteiger partial charge on any atom is -0.385 e. The van der Waals surface area contributed by atoms with Crippen LogP contribution in [0, 0.1) is 5.82 Å². The maximum Gasteiger partial charge on any atom is 0.237 e. The van der Waals surface area contributed by atoms with Gasteiger partial charge in [0.2, 0.25) is 5.91 Å². The molecule has 1 amide bonds. The highest BCUT2D eigenvalue weighted by molar-refractivity contribution is 7.99. The third kappa shape index (κ3) is 6.34. The second-order valence-corrected chi connectivity index (χ2v) is 9.19. The van der Waals surface area contributed by atoms with Gasteiger partial charge in [-0.2, -0.15) is 0 Å². The normalized spacial score (nSPS) is 16.4. The smallest absolute Gasteiger partial charge is 0.237 e. The Morgan fingerprint density at radius 2 is 2.03 bits per heavy atom. The van der Waals surface area contributed by atoms with Gasteiger partial charge in [-0.15, -0.1) is 11.8 Å². The third-order valence-electron chi connectivity index (χ3n) is 4.96. The molecule has 2 aromatic carbocycles. The summed E-state index contributed by atoms with van der Waals surface area (Å²) in [4.78, 5) is 17.1. The Kier molecular flexibility index (Phi) is 8.84. The van der Waals surface area contributed by atoms with Crippen LogP contribution >= 0.6 is 35.0 Å². The van der Waals surface area contributed by atoms with Crippen molar-refractivity contribution >= 4 is 40.9 Å². The van der Waals surface area contributed by atoms with E-state index in [0.29, 0.717) is 36.3 Å². The minimum absolute atomic E-state index is 0.0526. The van der Waals surface area contributed by atoms with Crippen LogP contribution in [0.15, 0.2) is 42.5 Å². The number of thioether (sulfide) groups is 1. The molecule has 0 saturated carbocycles. The van der Waals surface area contributed by atoms with Crippen molar-refractivity contribution in [2.24, 2.45) is 0 Å². The van der Waals surface area contributed by atoms with Gasteiger partial charge < -0.3 is 9.64 Å². The summed E-state index contributed by atoms with van der Waals surface area (Å²) in [6.45, 7) is 2.84. The fraction of sp³-hybridized carbons (Fsp3) is 0.409. The number of nitrogens with zero attached hydrogens (tertiary/aromatic N) is 2. The van der Waals surface area contributed by atoms with E-state index in [1.54, 1.807) is 43.1 Å². The molecule has 4 nitrogen and oxygen atoms in total. The molecular formula is C22H25Cl2FN2O2S. The summed E-state index contributed by atoms with van der Waals surface area (Å²) in [5, 5.41) is 1.09. The summed E-state index contributed by atoms with van der Waals surface area (Å²) in [6.07, 6.45) is 0.811. The highest BCUT2D eigenvalue weighted by Gasteiger charge is 2.31. The molecule has 0 aliphatic carbocycles. The third-order valence-corrected chi connectivity index (χ3v) is 6.80. The number of carbonyl (C=O) groups excluding carboxylic acids is 1. The molecule has 8 heteroatoms. The van der Waals surface area contributed by atoms with E-state index in [-0.39, 0.29) is 23.6 Å². The van der Waals surface area contributed by atoms with Crippen molar-refractivity contribution in [1.82, 2.24) is 9.80 Å². The predicted octanol–water partition coefficient (Wildman–Crippen LogP) is 5.25. The van der Waals surface area contributed by atoms with Gasteiger partial charge in [-0.25, -0.2) is 4.39 Å². The Morgan fingerprint density at radius 1 is 1.27 bits per heavy atom. The molecule has 0 spiro atoms. The maximum atomic E-state index is 13.3. The largest absolute Gasteiger partial charge is 0.385 e. The number of methoxy groups -OCH3 is 1. The van der Waals surface area contributed by atoms with Crippen LogP contribution in [0.2, 0.25) is 10.0 Å². The van der Waals surface area contributed by atoms with E-state index in [4.69, 9.17) is 27.9 Å². The highest BCUT2D eigenvalue weighted by atomic mass is 35.5. The predicted molar refractivity (Wildman–Crippen MR) is 122 cm³/mol. The van der Waals surface area contributed by atoms with Gasteiger partial charge in [0, 0.05) is 49.1 Å². The van der Waals surface area contributed by atoms with Crippen molar-refractivity contribution in [3.05, 3.63) is 69.5 Å². The number of halogens is 3. The Morgan fingerprint density at radius 3 is 2.73 bits per heavy atom. The number of benzene rings is 2. The van der Waals surface area contributed by atoms with Gasteiger partial charge in [0.05, 0.1) is 6.54 Å². The molecule has 3 rings (SSSR count). The fourth-order valence-corrected chi connectivity index (χ4v) is 5.19. The molecule has 0 aromatic heterocycles. The van der Waals surface area contributed by atoms with Crippen molar-refractivity contribution in [2.75, 3.05) is 39.1 Å². The number of ether oxygens (including phenoxy) is 1. The monoisotopic (exact) mass is 470 g/mol. The summed E-state index contributed by atoms with van der Waals surface area (Å²) in [6, 6.07) is 11.8. The van der Waals surface area contributed by atoms with Gasteiger partial charge in [0.1, 0.15) is 11.2 Å². The first-order chi connectivity index (χ1) is 14.5. The van der Waals surface area contributed by atoms with Crippen LogP contribution < -0.4 is 0 Å². The van der Waals surface area contributed by atoms with Crippen molar-refractivity contribution in [3.63, 3.8) is 0 Å². The van der Waals surface area contributed by atoms with Crippen LogP contribution in [0.1, 0.15) is 22.9 Å². The topological polar surface area (TPSA) is 32.8 Å². The van der Waals surface area contributed by atoms with Crippen LogP contribution in [-0.2, 0) is 16.1 Å². The van der Waals surface area contributed by atoms with Crippen LogP contribution in [0.25, 0.3) is 0 Å². The maximum absolute atomic E-state index is 13.3. The van der Waals surface area contributed by atoms with E-state index in [0.717, 1.165) is 23.3 Å². The van der Waals surface area contributed by atoms with Crippen molar-refractivity contribution in [3.8, 4) is 0 Å². The Bertz CT molecular complexity index is 854. The summed E-state index contributed by atoms with van der Waals surface area (Å²) in [7, 11) is 1.67. The van der Waals surface area contributed by atoms with E-state index < -0.39 is 0 Å². The van der Waals surface area contributed by atoms with Crippen molar-refractivity contribution in [1.29, 1.82) is 0 Å². The van der Waals surface area contributed by atoms with Crippen LogP contribution in [-0.4, -0.2) is 54.8 Å². The van der Waals surface area contributed by atoms with Gasteiger partial charge in [-0.3, -0.25) is 9.69 Å². The van der Waals surface area contributed by atoms with Crippen LogP contribution in [0.4, 0.5) is 4.39 Å². The summed E-state index contributed by atoms with van der Waals surface area (Å²) in [5.41, 5.74) is 1.87. The first-order valence-electron chi connectivity index (χ1n) is 9.79. The second-order valence-electron chi connectivity index (χ2n) is 7.15. The van der Waals surface area contributed by atoms with E-state index in [2.05, 4.69) is 4.90 Å². The fourth-order valence-electron chi connectivity index (χ4n) is 3.45. The molecule has 1 unspecified atom stereocenters. The average Bonchev–Trinajstić information content (AvgIpc) is 3.20. The SMILES string of the molecule is COCCCN(CC(=O)N1CCSC1c1ccc(F)cc1)Cc1ccc(Cl)cc1Cl. The molecule has 0 N–H and O–H groups in total. The molecule has 1 saturated heterocycles. The molecule has 1 heterocycles. The Balaban J connectivity index is 1.70. The summed E-state index contributed by atoms with van der Waals surface area (Å²) >= 11 is 14.1. The minimum atomic E-state index is -0.274. The molecule has 1 fully saturated rings. The second kappa shape index (κ2) is 11.3. The lowest BCUT2D eigenvalue weighted by atomic mass is 10.2. The zero-order chi connectivity index (χ0) is 21.5. The quantitative estimate of drug-likeness (QED) is 0.468. The molecule has 1 aliphatic rings. The number of hydrogen-bond acceptors (Lipinski definition) is 4. The van der Waals surface area contributed by atoms with Gasteiger partial charge in [-0.05, 0) is 41.8 Å². The lowest BCUT2D eigenvalue weighted by Gasteiger charge is -2.28. The lowest BCUT2D eigenvalue weighted by Crippen LogP contribution is -2.40. The zero-order valence-electron chi connectivity index (χ0n) is 16.8. The van der Waals surface area contributed by atoms with Gasteiger partial charge >= 0.3 is 0 Å². The van der Waals surface area contributed by atoms with Gasteiger partial charge in [0.15, 0.2) is 0 Å².